The highest BCUT2D eigenvalue weighted by Gasteiger charge is 2.20. The van der Waals surface area contributed by atoms with Crippen molar-refractivity contribution >= 4 is 0 Å². The van der Waals surface area contributed by atoms with Gasteiger partial charge in [-0.2, -0.15) is 0 Å². The topological polar surface area (TPSA) is 28.4 Å². The molecule has 3 nitrogen and oxygen atoms in total. The minimum atomic E-state index is 0.751. The molecule has 94 valence electrons. The molecule has 0 unspecified atom stereocenters. The molecule has 1 aliphatic carbocycles. The number of nitrogens with one attached hydrogen (secondary N) is 1. The lowest BCUT2D eigenvalue weighted by atomic mass is 10.3. The zero-order chi connectivity index (χ0) is 12.1. The Morgan fingerprint density at radius 1 is 1.59 bits per heavy atom. The van der Waals surface area contributed by atoms with Gasteiger partial charge >= 0.3 is 0 Å². The van der Waals surface area contributed by atoms with Crippen LogP contribution in [0.2, 0.25) is 0 Å². The average Bonchev–Trinajstić information content (AvgIpc) is 3.06. The van der Waals surface area contributed by atoms with E-state index in [1.807, 2.05) is 12.3 Å². The van der Waals surface area contributed by atoms with Gasteiger partial charge in [0.2, 0.25) is 0 Å². The summed E-state index contributed by atoms with van der Waals surface area (Å²) < 4.78 is 5.58. The van der Waals surface area contributed by atoms with Crippen molar-refractivity contribution in [1.29, 1.82) is 0 Å². The maximum Gasteiger partial charge on any atom is 0.118 e. The molecule has 1 heterocycles. The Bertz CT molecular complexity index is 355. The molecular formula is C14H22N2O. The van der Waals surface area contributed by atoms with E-state index in [-0.39, 0.29) is 0 Å². The molecule has 17 heavy (non-hydrogen) atoms. The van der Waals surface area contributed by atoms with E-state index < -0.39 is 0 Å². The lowest BCUT2D eigenvalue weighted by molar-refractivity contribution is 0.281. The summed E-state index contributed by atoms with van der Waals surface area (Å²) in [5.41, 5.74) is 1.25. The maximum atomic E-state index is 5.58. The zero-order valence-electron chi connectivity index (χ0n) is 10.6. The lowest BCUT2D eigenvalue weighted by Gasteiger charge is -2.16. The summed E-state index contributed by atoms with van der Waals surface area (Å²) >= 11 is 0. The van der Waals surface area contributed by atoms with Gasteiger partial charge in [-0.25, -0.2) is 0 Å². The van der Waals surface area contributed by atoms with Gasteiger partial charge in [-0.15, -0.1) is 6.58 Å². The van der Waals surface area contributed by atoms with Crippen LogP contribution in [-0.4, -0.2) is 24.0 Å². The summed E-state index contributed by atoms with van der Waals surface area (Å²) in [5, 5.41) is 3.49. The number of nitrogens with zero attached hydrogens (tertiary/aromatic N) is 1. The van der Waals surface area contributed by atoms with E-state index in [1.54, 1.807) is 0 Å². The van der Waals surface area contributed by atoms with E-state index >= 15 is 0 Å². The van der Waals surface area contributed by atoms with Crippen molar-refractivity contribution in [2.45, 2.75) is 38.9 Å². The SMILES string of the molecule is C=CCN(CC)Cc1cc(CNC2CC2)co1. The highest BCUT2D eigenvalue weighted by atomic mass is 16.3. The Balaban J connectivity index is 1.81. The molecule has 0 radical (unpaired) electrons. The van der Waals surface area contributed by atoms with E-state index in [0.717, 1.165) is 38.0 Å². The first-order chi connectivity index (χ1) is 8.31. The fraction of sp³-hybridized carbons (Fsp3) is 0.571. The van der Waals surface area contributed by atoms with Crippen LogP contribution >= 0.6 is 0 Å². The van der Waals surface area contributed by atoms with Crippen molar-refractivity contribution in [3.63, 3.8) is 0 Å². The highest BCUT2D eigenvalue weighted by Crippen LogP contribution is 2.19. The van der Waals surface area contributed by atoms with Crippen LogP contribution in [0.3, 0.4) is 0 Å². The molecule has 0 spiro atoms. The molecule has 0 aliphatic heterocycles. The average molecular weight is 234 g/mol. The molecule has 1 aliphatic rings. The maximum absolute atomic E-state index is 5.58. The molecule has 1 saturated carbocycles. The van der Waals surface area contributed by atoms with E-state index in [1.165, 1.54) is 18.4 Å². The molecule has 3 heteroatoms. The Morgan fingerprint density at radius 3 is 3.06 bits per heavy atom. The van der Waals surface area contributed by atoms with E-state index in [2.05, 4.69) is 29.8 Å². The Labute approximate surface area is 103 Å². The number of hydrogen-bond donors (Lipinski definition) is 1. The molecular weight excluding hydrogens is 212 g/mol. The van der Waals surface area contributed by atoms with Gasteiger partial charge in [0.25, 0.3) is 0 Å². The lowest BCUT2D eigenvalue weighted by Crippen LogP contribution is -2.22. The fourth-order valence-electron chi connectivity index (χ4n) is 1.86. The molecule has 2 rings (SSSR count). The molecule has 0 amide bonds. The van der Waals surface area contributed by atoms with Crippen molar-refractivity contribution in [3.05, 3.63) is 36.3 Å². The highest BCUT2D eigenvalue weighted by molar-refractivity contribution is 5.13. The Kier molecular flexibility index (Phi) is 4.40. The first-order valence-corrected chi connectivity index (χ1v) is 6.44. The smallest absolute Gasteiger partial charge is 0.118 e. The van der Waals surface area contributed by atoms with Crippen molar-refractivity contribution in [2.75, 3.05) is 13.1 Å². The van der Waals surface area contributed by atoms with Gasteiger partial charge in [-0.3, -0.25) is 4.90 Å². The van der Waals surface area contributed by atoms with Crippen LogP contribution in [0, 0.1) is 0 Å². The normalized spacial score (nSPS) is 15.4. The second kappa shape index (κ2) is 6.03. The van der Waals surface area contributed by atoms with Gasteiger partial charge in [0.05, 0.1) is 12.8 Å². The van der Waals surface area contributed by atoms with Crippen LogP contribution in [0.5, 0.6) is 0 Å². The van der Waals surface area contributed by atoms with Crippen molar-refractivity contribution < 1.29 is 4.42 Å². The van der Waals surface area contributed by atoms with Crippen molar-refractivity contribution in [2.24, 2.45) is 0 Å². The number of furan rings is 1. The third-order valence-corrected chi connectivity index (χ3v) is 3.09. The van der Waals surface area contributed by atoms with Gasteiger partial charge in [-0.1, -0.05) is 13.0 Å². The summed E-state index contributed by atoms with van der Waals surface area (Å²) in [5.74, 6) is 1.04. The minimum Gasteiger partial charge on any atom is -0.468 e. The van der Waals surface area contributed by atoms with Crippen LogP contribution in [0.1, 0.15) is 31.1 Å². The van der Waals surface area contributed by atoms with Crippen molar-refractivity contribution in [1.82, 2.24) is 10.2 Å². The van der Waals surface area contributed by atoms with E-state index in [4.69, 9.17) is 4.42 Å². The quantitative estimate of drug-likeness (QED) is 0.701. The molecule has 1 aromatic heterocycles. The molecule has 0 aromatic carbocycles. The molecule has 1 aromatic rings. The molecule has 0 saturated heterocycles. The first-order valence-electron chi connectivity index (χ1n) is 6.44. The molecule has 1 N–H and O–H groups in total. The number of rotatable bonds is 8. The van der Waals surface area contributed by atoms with Gasteiger partial charge in [0.1, 0.15) is 5.76 Å². The van der Waals surface area contributed by atoms with Crippen LogP contribution in [0.15, 0.2) is 29.4 Å². The van der Waals surface area contributed by atoms with Gasteiger partial charge in [-0.05, 0) is 25.5 Å². The predicted molar refractivity (Wildman–Crippen MR) is 69.7 cm³/mol. The molecule has 1 fully saturated rings. The van der Waals surface area contributed by atoms with Crippen LogP contribution < -0.4 is 5.32 Å². The summed E-state index contributed by atoms with van der Waals surface area (Å²) in [6.07, 6.45) is 6.45. The summed E-state index contributed by atoms with van der Waals surface area (Å²) in [4.78, 5) is 2.30. The van der Waals surface area contributed by atoms with Crippen LogP contribution in [0.25, 0.3) is 0 Å². The third kappa shape index (κ3) is 4.02. The first kappa shape index (κ1) is 12.4. The van der Waals surface area contributed by atoms with Crippen molar-refractivity contribution in [3.8, 4) is 0 Å². The molecule has 0 atom stereocenters. The standard InChI is InChI=1S/C14H22N2O/c1-3-7-16(4-2)10-14-8-12(11-17-14)9-15-13-5-6-13/h3,8,11,13,15H,1,4-7,9-10H2,2H3. The van der Waals surface area contributed by atoms with E-state index in [0.29, 0.717) is 0 Å². The third-order valence-electron chi connectivity index (χ3n) is 3.09. The van der Waals surface area contributed by atoms with Gasteiger partial charge in [0.15, 0.2) is 0 Å². The fourth-order valence-corrected chi connectivity index (χ4v) is 1.86. The largest absolute Gasteiger partial charge is 0.468 e. The Hall–Kier alpha value is -1.06. The van der Waals surface area contributed by atoms with Crippen LogP contribution in [-0.2, 0) is 13.1 Å². The summed E-state index contributed by atoms with van der Waals surface area (Å²) in [6, 6.07) is 2.91. The second-order valence-corrected chi connectivity index (χ2v) is 4.69. The number of hydrogen-bond acceptors (Lipinski definition) is 3. The second-order valence-electron chi connectivity index (χ2n) is 4.69. The number of likely N-dealkylation sites (N-methyl/N-ethyl adjacent to an activating group) is 1. The monoisotopic (exact) mass is 234 g/mol. The predicted octanol–water partition coefficient (Wildman–Crippen LogP) is 2.54. The minimum absolute atomic E-state index is 0.751. The summed E-state index contributed by atoms with van der Waals surface area (Å²) in [7, 11) is 0. The van der Waals surface area contributed by atoms with Gasteiger partial charge in [0, 0.05) is 24.7 Å². The van der Waals surface area contributed by atoms with Crippen LogP contribution in [0.4, 0.5) is 0 Å². The Morgan fingerprint density at radius 2 is 2.41 bits per heavy atom. The zero-order valence-corrected chi connectivity index (χ0v) is 10.6. The molecule has 0 bridgehead atoms. The van der Waals surface area contributed by atoms with E-state index in [9.17, 15) is 0 Å². The van der Waals surface area contributed by atoms with Gasteiger partial charge < -0.3 is 9.73 Å². The summed E-state index contributed by atoms with van der Waals surface area (Å²) in [6.45, 7) is 9.65.